The SMILES string of the molecule is CCC(N)(CC)COCCN(C)C. The average Bonchev–Trinajstić information content (AvgIpc) is 2.12. The first-order chi connectivity index (χ1) is 6.04. The fourth-order valence-electron chi connectivity index (χ4n) is 0.977. The molecule has 0 unspecified atom stereocenters. The largest absolute Gasteiger partial charge is 0.378 e. The van der Waals surface area contributed by atoms with Gasteiger partial charge in [0.1, 0.15) is 0 Å². The van der Waals surface area contributed by atoms with Gasteiger partial charge in [0.15, 0.2) is 0 Å². The maximum absolute atomic E-state index is 6.07. The number of nitrogens with zero attached hydrogens (tertiary/aromatic N) is 1. The van der Waals surface area contributed by atoms with Gasteiger partial charge in [0.25, 0.3) is 0 Å². The van der Waals surface area contributed by atoms with Gasteiger partial charge in [-0.15, -0.1) is 0 Å². The molecule has 0 saturated heterocycles. The minimum Gasteiger partial charge on any atom is -0.378 e. The van der Waals surface area contributed by atoms with Gasteiger partial charge in [0, 0.05) is 12.1 Å². The molecule has 0 spiro atoms. The highest BCUT2D eigenvalue weighted by Crippen LogP contribution is 2.10. The van der Waals surface area contributed by atoms with Gasteiger partial charge in [-0.25, -0.2) is 0 Å². The van der Waals surface area contributed by atoms with Crippen LogP contribution in [-0.2, 0) is 4.74 Å². The van der Waals surface area contributed by atoms with E-state index in [0.717, 1.165) is 26.0 Å². The number of ether oxygens (including phenoxy) is 1. The summed E-state index contributed by atoms with van der Waals surface area (Å²) in [6, 6.07) is 0. The van der Waals surface area contributed by atoms with Crippen molar-refractivity contribution in [1.82, 2.24) is 4.90 Å². The summed E-state index contributed by atoms with van der Waals surface area (Å²) in [6.45, 7) is 6.63. The summed E-state index contributed by atoms with van der Waals surface area (Å²) in [5.74, 6) is 0. The summed E-state index contributed by atoms with van der Waals surface area (Å²) in [5.41, 5.74) is 5.96. The van der Waals surface area contributed by atoms with E-state index in [1.165, 1.54) is 0 Å². The van der Waals surface area contributed by atoms with Gasteiger partial charge in [-0.1, -0.05) is 13.8 Å². The van der Waals surface area contributed by atoms with Gasteiger partial charge in [0.05, 0.1) is 13.2 Å². The van der Waals surface area contributed by atoms with Crippen molar-refractivity contribution in [3.05, 3.63) is 0 Å². The van der Waals surface area contributed by atoms with Crippen LogP contribution in [0.25, 0.3) is 0 Å². The van der Waals surface area contributed by atoms with Crippen LogP contribution < -0.4 is 5.73 Å². The molecule has 3 heteroatoms. The van der Waals surface area contributed by atoms with E-state index < -0.39 is 0 Å². The molecular formula is C10H24N2O. The van der Waals surface area contributed by atoms with E-state index >= 15 is 0 Å². The van der Waals surface area contributed by atoms with Crippen molar-refractivity contribution in [2.75, 3.05) is 33.9 Å². The molecule has 0 atom stereocenters. The number of hydrogen-bond acceptors (Lipinski definition) is 3. The van der Waals surface area contributed by atoms with Crippen molar-refractivity contribution < 1.29 is 4.74 Å². The first-order valence-electron chi connectivity index (χ1n) is 5.05. The van der Waals surface area contributed by atoms with Gasteiger partial charge < -0.3 is 15.4 Å². The quantitative estimate of drug-likeness (QED) is 0.608. The lowest BCUT2D eigenvalue weighted by molar-refractivity contribution is 0.0711. The molecule has 0 fully saturated rings. The minimum atomic E-state index is -0.119. The molecule has 3 nitrogen and oxygen atoms in total. The second kappa shape index (κ2) is 6.35. The highest BCUT2D eigenvalue weighted by Gasteiger charge is 2.19. The van der Waals surface area contributed by atoms with E-state index in [1.807, 2.05) is 14.1 Å². The van der Waals surface area contributed by atoms with Crippen LogP contribution in [0.2, 0.25) is 0 Å². The molecule has 0 heterocycles. The lowest BCUT2D eigenvalue weighted by Crippen LogP contribution is -2.43. The third kappa shape index (κ3) is 6.02. The zero-order valence-electron chi connectivity index (χ0n) is 9.47. The Morgan fingerprint density at radius 3 is 2.15 bits per heavy atom. The van der Waals surface area contributed by atoms with E-state index in [9.17, 15) is 0 Å². The molecule has 2 N–H and O–H groups in total. The van der Waals surface area contributed by atoms with Gasteiger partial charge in [0.2, 0.25) is 0 Å². The number of likely N-dealkylation sites (N-methyl/N-ethyl adjacent to an activating group) is 1. The van der Waals surface area contributed by atoms with Crippen molar-refractivity contribution in [2.45, 2.75) is 32.2 Å². The highest BCUT2D eigenvalue weighted by atomic mass is 16.5. The highest BCUT2D eigenvalue weighted by molar-refractivity contribution is 4.80. The first kappa shape index (κ1) is 12.9. The Balaban J connectivity index is 3.50. The molecule has 13 heavy (non-hydrogen) atoms. The Labute approximate surface area is 82.2 Å². The van der Waals surface area contributed by atoms with Gasteiger partial charge >= 0.3 is 0 Å². The zero-order valence-corrected chi connectivity index (χ0v) is 9.47. The van der Waals surface area contributed by atoms with Crippen LogP contribution in [0.3, 0.4) is 0 Å². The summed E-state index contributed by atoms with van der Waals surface area (Å²) < 4.78 is 5.52. The molecule has 80 valence electrons. The van der Waals surface area contributed by atoms with Crippen LogP contribution in [0.15, 0.2) is 0 Å². The Morgan fingerprint density at radius 2 is 1.77 bits per heavy atom. The fourth-order valence-corrected chi connectivity index (χ4v) is 0.977. The maximum Gasteiger partial charge on any atom is 0.0646 e. The van der Waals surface area contributed by atoms with Gasteiger partial charge in [-0.05, 0) is 26.9 Å². The molecule has 0 bridgehead atoms. The van der Waals surface area contributed by atoms with Crippen LogP contribution in [0.4, 0.5) is 0 Å². The predicted molar refractivity (Wildman–Crippen MR) is 56.9 cm³/mol. The van der Waals surface area contributed by atoms with Crippen LogP contribution in [0.1, 0.15) is 26.7 Å². The Hall–Kier alpha value is -0.120. The number of hydrogen-bond donors (Lipinski definition) is 1. The molecule has 0 saturated carbocycles. The third-order valence-electron chi connectivity index (χ3n) is 2.48. The smallest absolute Gasteiger partial charge is 0.0646 e. The van der Waals surface area contributed by atoms with Gasteiger partial charge in [-0.3, -0.25) is 0 Å². The molecule has 0 radical (unpaired) electrons. The third-order valence-corrected chi connectivity index (χ3v) is 2.48. The van der Waals surface area contributed by atoms with Crippen LogP contribution in [0, 0.1) is 0 Å². The first-order valence-corrected chi connectivity index (χ1v) is 5.05. The van der Waals surface area contributed by atoms with Crippen molar-refractivity contribution in [1.29, 1.82) is 0 Å². The topological polar surface area (TPSA) is 38.5 Å². The van der Waals surface area contributed by atoms with Crippen molar-refractivity contribution in [3.63, 3.8) is 0 Å². The molecule has 0 aromatic carbocycles. The van der Waals surface area contributed by atoms with Crippen molar-refractivity contribution in [3.8, 4) is 0 Å². The second-order valence-electron chi connectivity index (χ2n) is 3.93. The van der Waals surface area contributed by atoms with Crippen molar-refractivity contribution in [2.24, 2.45) is 5.73 Å². The number of nitrogens with two attached hydrogens (primary N) is 1. The Bertz CT molecular complexity index is 122. The van der Waals surface area contributed by atoms with E-state index in [2.05, 4.69) is 18.7 Å². The normalized spacial score (nSPS) is 12.5. The average molecular weight is 188 g/mol. The zero-order chi connectivity index (χ0) is 10.3. The fraction of sp³-hybridized carbons (Fsp3) is 1.00. The predicted octanol–water partition coefficient (Wildman–Crippen LogP) is 1.08. The summed E-state index contributed by atoms with van der Waals surface area (Å²) in [4.78, 5) is 2.11. The summed E-state index contributed by atoms with van der Waals surface area (Å²) in [7, 11) is 4.08. The maximum atomic E-state index is 6.07. The minimum absolute atomic E-state index is 0.119. The van der Waals surface area contributed by atoms with E-state index in [-0.39, 0.29) is 5.54 Å². The van der Waals surface area contributed by atoms with Crippen LogP contribution in [-0.4, -0.2) is 44.3 Å². The molecule has 0 amide bonds. The lowest BCUT2D eigenvalue weighted by Gasteiger charge is -2.26. The Kier molecular flexibility index (Phi) is 6.29. The van der Waals surface area contributed by atoms with Crippen LogP contribution in [0.5, 0.6) is 0 Å². The lowest BCUT2D eigenvalue weighted by atomic mass is 9.96. The molecule has 0 aliphatic heterocycles. The van der Waals surface area contributed by atoms with E-state index in [4.69, 9.17) is 10.5 Å². The molecule has 0 aromatic heterocycles. The van der Waals surface area contributed by atoms with Crippen LogP contribution >= 0.6 is 0 Å². The monoisotopic (exact) mass is 188 g/mol. The molecule has 0 aromatic rings. The number of rotatable bonds is 7. The van der Waals surface area contributed by atoms with E-state index in [1.54, 1.807) is 0 Å². The standard InChI is InChI=1S/C10H24N2O/c1-5-10(11,6-2)9-13-8-7-12(3)4/h5-9,11H2,1-4H3. The van der Waals surface area contributed by atoms with E-state index in [0.29, 0.717) is 6.61 Å². The molecule has 0 aliphatic rings. The molecule has 0 aliphatic carbocycles. The second-order valence-corrected chi connectivity index (χ2v) is 3.93. The summed E-state index contributed by atoms with van der Waals surface area (Å²) in [6.07, 6.45) is 1.96. The summed E-state index contributed by atoms with van der Waals surface area (Å²) in [5, 5.41) is 0. The van der Waals surface area contributed by atoms with Gasteiger partial charge in [-0.2, -0.15) is 0 Å². The van der Waals surface area contributed by atoms with Crippen molar-refractivity contribution >= 4 is 0 Å². The Morgan fingerprint density at radius 1 is 1.23 bits per heavy atom. The molecular weight excluding hydrogens is 164 g/mol. The molecule has 0 rings (SSSR count). The summed E-state index contributed by atoms with van der Waals surface area (Å²) >= 11 is 0.